The average Bonchev–Trinajstić information content (AvgIpc) is 3.39. The van der Waals surface area contributed by atoms with E-state index in [9.17, 15) is 4.79 Å². The molecule has 40 heavy (non-hydrogen) atoms. The van der Waals surface area contributed by atoms with Crippen molar-refractivity contribution in [1.82, 2.24) is 15.0 Å². The summed E-state index contributed by atoms with van der Waals surface area (Å²) in [6.07, 6.45) is 0. The van der Waals surface area contributed by atoms with Gasteiger partial charge in [0.25, 0.3) is 5.89 Å². The molecule has 0 saturated carbocycles. The summed E-state index contributed by atoms with van der Waals surface area (Å²) in [5, 5.41) is 4.09. The molecule has 3 aromatic carbocycles. The van der Waals surface area contributed by atoms with Crippen LogP contribution in [0.5, 0.6) is 0 Å². The normalized spacial score (nSPS) is 12.5. The van der Waals surface area contributed by atoms with Crippen LogP contribution in [-0.4, -0.2) is 46.8 Å². The number of aromatic nitrogens is 2. The highest BCUT2D eigenvalue weighted by Crippen LogP contribution is 2.32. The Labute approximate surface area is 234 Å². The van der Waals surface area contributed by atoms with Gasteiger partial charge >= 0.3 is 5.97 Å². The van der Waals surface area contributed by atoms with E-state index in [-0.39, 0.29) is 18.3 Å². The number of methoxy groups -OCH3 is 1. The van der Waals surface area contributed by atoms with Crippen LogP contribution in [0.15, 0.2) is 65.2 Å². The van der Waals surface area contributed by atoms with Crippen molar-refractivity contribution >= 4 is 5.97 Å². The molecule has 4 rings (SSSR count). The van der Waals surface area contributed by atoms with Gasteiger partial charge in [0.15, 0.2) is 0 Å². The molecule has 0 N–H and O–H groups in total. The molecular weight excluding hydrogens is 509 g/mol. The van der Waals surface area contributed by atoms with Gasteiger partial charge in [-0.3, -0.25) is 9.69 Å². The van der Waals surface area contributed by atoms with E-state index in [1.165, 1.54) is 11.6 Å². The Kier molecular flexibility index (Phi) is 8.81. The van der Waals surface area contributed by atoms with E-state index < -0.39 is 17.5 Å². The van der Waals surface area contributed by atoms with Gasteiger partial charge < -0.3 is 14.0 Å². The van der Waals surface area contributed by atoms with Crippen molar-refractivity contribution in [1.29, 1.82) is 0 Å². The highest BCUT2D eigenvalue weighted by molar-refractivity contribution is 5.76. The zero-order valence-corrected chi connectivity index (χ0v) is 24.1. The van der Waals surface area contributed by atoms with E-state index in [0.717, 1.165) is 22.3 Å². The Morgan fingerprint density at radius 1 is 1.02 bits per heavy atom. The molecule has 1 heterocycles. The molecule has 1 unspecified atom stereocenters. The first-order valence-corrected chi connectivity index (χ1v) is 13.2. The zero-order valence-electron chi connectivity index (χ0n) is 24.1. The van der Waals surface area contributed by atoms with Crippen LogP contribution in [0, 0.1) is 12.7 Å². The third-order valence-corrected chi connectivity index (χ3v) is 6.65. The third kappa shape index (κ3) is 6.81. The van der Waals surface area contributed by atoms with E-state index in [1.807, 2.05) is 51.1 Å². The summed E-state index contributed by atoms with van der Waals surface area (Å²) >= 11 is 0. The molecule has 1 aromatic heterocycles. The van der Waals surface area contributed by atoms with Crippen LogP contribution in [0.2, 0.25) is 0 Å². The number of hydrogen-bond donors (Lipinski definition) is 0. The number of carbonyl (C=O) groups excluding carboxylic acids is 1. The maximum atomic E-state index is 15.1. The number of nitrogens with zero attached hydrogens (tertiary/aromatic N) is 3. The van der Waals surface area contributed by atoms with Gasteiger partial charge in [-0.25, -0.2) is 4.39 Å². The second-order valence-corrected chi connectivity index (χ2v) is 11.0. The number of rotatable bonds is 9. The number of ether oxygens (including phenoxy) is 2. The molecule has 1 atom stereocenters. The Morgan fingerprint density at radius 3 is 2.42 bits per heavy atom. The third-order valence-electron chi connectivity index (χ3n) is 6.65. The number of esters is 1. The zero-order chi connectivity index (χ0) is 29.0. The summed E-state index contributed by atoms with van der Waals surface area (Å²) in [4.78, 5) is 18.7. The number of halogens is 1. The highest BCUT2D eigenvalue weighted by Gasteiger charge is 2.25. The van der Waals surface area contributed by atoms with Crippen molar-refractivity contribution in [3.63, 3.8) is 0 Å². The van der Waals surface area contributed by atoms with E-state index in [1.54, 1.807) is 38.1 Å². The second-order valence-electron chi connectivity index (χ2n) is 11.0. The van der Waals surface area contributed by atoms with Gasteiger partial charge in [-0.05, 0) is 82.1 Å². The molecule has 0 radical (unpaired) electrons. The molecular formula is C32H36FN3O4. The minimum atomic E-state index is -0.586. The summed E-state index contributed by atoms with van der Waals surface area (Å²) in [6, 6.07) is 18.4. The van der Waals surface area contributed by atoms with Crippen molar-refractivity contribution in [2.45, 2.75) is 59.4 Å². The molecule has 0 fully saturated rings. The molecule has 0 aliphatic heterocycles. The van der Waals surface area contributed by atoms with Crippen molar-refractivity contribution < 1.29 is 23.2 Å². The fourth-order valence-electron chi connectivity index (χ4n) is 4.38. The van der Waals surface area contributed by atoms with Crippen LogP contribution in [-0.2, 0) is 27.4 Å². The molecule has 0 aliphatic rings. The second kappa shape index (κ2) is 12.1. The molecule has 0 amide bonds. The minimum Gasteiger partial charge on any atom is -0.459 e. The maximum Gasteiger partial charge on any atom is 0.323 e. The minimum absolute atomic E-state index is 0.236. The number of aryl methyl sites for hydroxylation is 1. The van der Waals surface area contributed by atoms with E-state index in [0.29, 0.717) is 23.6 Å². The van der Waals surface area contributed by atoms with Gasteiger partial charge in [0, 0.05) is 30.3 Å². The lowest BCUT2D eigenvalue weighted by molar-refractivity contribution is -0.160. The largest absolute Gasteiger partial charge is 0.459 e. The molecule has 4 aromatic rings. The Morgan fingerprint density at radius 2 is 1.75 bits per heavy atom. The summed E-state index contributed by atoms with van der Waals surface area (Å²) in [5.74, 6) is -0.157. The van der Waals surface area contributed by atoms with Gasteiger partial charge in [-0.15, -0.1) is 0 Å². The van der Waals surface area contributed by atoms with E-state index in [2.05, 4.69) is 29.2 Å². The molecule has 0 aliphatic carbocycles. The SMILES string of the molecule is COCc1cc(-c2nc(-c3ccc(CN(C)C(C)C(=O)OC(C)(C)C)c(F)c3)no2)ccc1-c1ccccc1C. The van der Waals surface area contributed by atoms with Gasteiger partial charge in [0.1, 0.15) is 17.5 Å². The van der Waals surface area contributed by atoms with Gasteiger partial charge in [0.2, 0.25) is 5.82 Å². The predicted molar refractivity (Wildman–Crippen MR) is 153 cm³/mol. The summed E-state index contributed by atoms with van der Waals surface area (Å²) < 4.78 is 31.6. The molecule has 8 heteroatoms. The summed E-state index contributed by atoms with van der Waals surface area (Å²) in [6.45, 7) is 9.93. The van der Waals surface area contributed by atoms with Gasteiger partial charge in [-0.2, -0.15) is 4.98 Å². The first kappa shape index (κ1) is 29.1. The van der Waals surface area contributed by atoms with Gasteiger partial charge in [0.05, 0.1) is 6.61 Å². The smallest absolute Gasteiger partial charge is 0.323 e. The lowest BCUT2D eigenvalue weighted by Crippen LogP contribution is -2.40. The number of hydrogen-bond acceptors (Lipinski definition) is 7. The Balaban J connectivity index is 1.53. The van der Waals surface area contributed by atoms with Crippen molar-refractivity contribution in [2.24, 2.45) is 0 Å². The number of benzene rings is 3. The standard InChI is InChI=1S/C32H36FN3O4/c1-20-10-8-9-11-26(20)27-15-14-23(16-25(27)19-38-7)30-34-29(35-40-30)22-12-13-24(28(33)17-22)18-36(6)21(2)31(37)39-32(3,4)5/h8-17,21H,18-19H2,1-7H3. The monoisotopic (exact) mass is 545 g/mol. The molecule has 210 valence electrons. The fourth-order valence-corrected chi connectivity index (χ4v) is 4.38. The van der Waals surface area contributed by atoms with Crippen LogP contribution in [0.3, 0.4) is 0 Å². The fraction of sp³-hybridized carbons (Fsp3) is 0.344. The molecule has 0 bridgehead atoms. The number of carbonyl (C=O) groups is 1. The van der Waals surface area contributed by atoms with E-state index in [4.69, 9.17) is 14.0 Å². The maximum absolute atomic E-state index is 15.1. The lowest BCUT2D eigenvalue weighted by Gasteiger charge is -2.27. The first-order chi connectivity index (χ1) is 19.0. The molecule has 7 nitrogen and oxygen atoms in total. The quantitative estimate of drug-likeness (QED) is 0.213. The van der Waals surface area contributed by atoms with E-state index >= 15 is 4.39 Å². The van der Waals surface area contributed by atoms with Crippen LogP contribution < -0.4 is 0 Å². The Bertz CT molecular complexity index is 1490. The highest BCUT2D eigenvalue weighted by atomic mass is 19.1. The Hall–Kier alpha value is -3.88. The van der Waals surface area contributed by atoms with Crippen molar-refractivity contribution in [3.05, 3.63) is 83.2 Å². The topological polar surface area (TPSA) is 77.7 Å². The molecule has 0 saturated heterocycles. The summed E-state index contributed by atoms with van der Waals surface area (Å²) in [7, 11) is 3.42. The van der Waals surface area contributed by atoms with Crippen LogP contribution in [0.4, 0.5) is 4.39 Å². The average molecular weight is 546 g/mol. The van der Waals surface area contributed by atoms with Crippen LogP contribution >= 0.6 is 0 Å². The first-order valence-electron chi connectivity index (χ1n) is 13.2. The number of likely N-dealkylation sites (N-methyl/N-ethyl adjacent to an activating group) is 1. The predicted octanol–water partition coefficient (Wildman–Crippen LogP) is 6.83. The van der Waals surface area contributed by atoms with Crippen molar-refractivity contribution in [2.75, 3.05) is 14.2 Å². The van der Waals surface area contributed by atoms with Gasteiger partial charge in [-0.1, -0.05) is 47.6 Å². The van der Waals surface area contributed by atoms with Crippen LogP contribution in [0.1, 0.15) is 44.4 Å². The van der Waals surface area contributed by atoms with Crippen molar-refractivity contribution in [3.8, 4) is 34.0 Å². The summed E-state index contributed by atoms with van der Waals surface area (Å²) in [5.41, 5.74) is 5.47. The lowest BCUT2D eigenvalue weighted by atomic mass is 9.94. The van der Waals surface area contributed by atoms with Crippen LogP contribution in [0.25, 0.3) is 34.0 Å². The molecule has 0 spiro atoms.